The fourth-order valence-electron chi connectivity index (χ4n) is 2.61. The number of para-hydroxylation sites is 1. The van der Waals surface area contributed by atoms with Gasteiger partial charge in [0.1, 0.15) is 11.8 Å². The minimum atomic E-state index is -0.0528. The molecule has 0 spiro atoms. The van der Waals surface area contributed by atoms with Crippen LogP contribution in [0.25, 0.3) is 11.0 Å². The quantitative estimate of drug-likeness (QED) is 0.884. The first-order chi connectivity index (χ1) is 9.34. The number of benzene rings is 1. The predicted molar refractivity (Wildman–Crippen MR) is 74.2 cm³/mol. The minimum Gasteiger partial charge on any atom is -0.463 e. The van der Waals surface area contributed by atoms with Crippen LogP contribution in [0.5, 0.6) is 0 Å². The van der Waals surface area contributed by atoms with Crippen molar-refractivity contribution < 1.29 is 9.21 Å². The zero-order valence-electron chi connectivity index (χ0n) is 10.8. The van der Waals surface area contributed by atoms with Crippen LogP contribution in [0.4, 0.5) is 0 Å². The zero-order valence-corrected chi connectivity index (χ0v) is 10.8. The molecule has 2 aromatic rings. The van der Waals surface area contributed by atoms with Crippen molar-refractivity contribution in [3.63, 3.8) is 0 Å². The van der Waals surface area contributed by atoms with Gasteiger partial charge in [0.2, 0.25) is 0 Å². The van der Waals surface area contributed by atoms with Crippen molar-refractivity contribution in [3.05, 3.63) is 36.1 Å². The first-order valence-corrected chi connectivity index (χ1v) is 6.82. The zero-order chi connectivity index (χ0) is 13.1. The Morgan fingerprint density at radius 2 is 2.32 bits per heavy atom. The van der Waals surface area contributed by atoms with E-state index >= 15 is 0 Å². The van der Waals surface area contributed by atoms with Crippen LogP contribution in [0.1, 0.15) is 29.6 Å². The molecular weight excluding hydrogens is 240 g/mol. The second-order valence-corrected chi connectivity index (χ2v) is 4.98. The third kappa shape index (κ3) is 2.63. The molecule has 2 N–H and O–H groups in total. The van der Waals surface area contributed by atoms with E-state index in [-0.39, 0.29) is 5.91 Å². The Labute approximate surface area is 112 Å². The first-order valence-electron chi connectivity index (χ1n) is 6.82. The lowest BCUT2D eigenvalue weighted by molar-refractivity contribution is 0.0953. The predicted octanol–water partition coefficient (Wildman–Crippen LogP) is 2.30. The largest absolute Gasteiger partial charge is 0.463 e. The Kier molecular flexibility index (Phi) is 3.51. The lowest BCUT2D eigenvalue weighted by Crippen LogP contribution is -2.30. The molecule has 1 aliphatic rings. The van der Waals surface area contributed by atoms with Crippen LogP contribution in [-0.4, -0.2) is 25.0 Å². The second kappa shape index (κ2) is 5.45. The molecule has 1 aromatic heterocycles. The van der Waals surface area contributed by atoms with E-state index < -0.39 is 0 Å². The highest BCUT2D eigenvalue weighted by molar-refractivity contribution is 6.05. The molecule has 1 saturated heterocycles. The van der Waals surface area contributed by atoms with Crippen LogP contribution in [0, 0.1) is 0 Å². The van der Waals surface area contributed by atoms with Gasteiger partial charge in [-0.25, -0.2) is 0 Å². The maximum atomic E-state index is 12.1. The van der Waals surface area contributed by atoms with Gasteiger partial charge in [0, 0.05) is 18.0 Å². The van der Waals surface area contributed by atoms with E-state index in [4.69, 9.17) is 4.42 Å². The molecule has 19 heavy (non-hydrogen) atoms. The summed E-state index contributed by atoms with van der Waals surface area (Å²) in [4.78, 5) is 12.1. The molecule has 0 aliphatic carbocycles. The van der Waals surface area contributed by atoms with Crippen LogP contribution in [0.3, 0.4) is 0 Å². The van der Waals surface area contributed by atoms with Crippen LogP contribution < -0.4 is 10.6 Å². The van der Waals surface area contributed by atoms with Gasteiger partial charge in [0.25, 0.3) is 5.91 Å². The average Bonchev–Trinajstić information content (AvgIpc) is 3.07. The summed E-state index contributed by atoms with van der Waals surface area (Å²) >= 11 is 0. The molecule has 1 amide bonds. The number of hydrogen-bond acceptors (Lipinski definition) is 3. The molecule has 1 aliphatic heterocycles. The van der Waals surface area contributed by atoms with E-state index in [1.54, 1.807) is 0 Å². The molecule has 1 unspecified atom stereocenters. The molecule has 4 heteroatoms. The lowest BCUT2D eigenvalue weighted by atomic mass is 10.1. The molecule has 1 aromatic carbocycles. The summed E-state index contributed by atoms with van der Waals surface area (Å²) in [6.45, 7) is 1.81. The molecule has 4 nitrogen and oxygen atoms in total. The van der Waals surface area contributed by atoms with Gasteiger partial charge in [-0.05, 0) is 31.9 Å². The van der Waals surface area contributed by atoms with Gasteiger partial charge >= 0.3 is 0 Å². The van der Waals surface area contributed by atoms with E-state index in [0.29, 0.717) is 18.2 Å². The number of rotatable bonds is 4. The number of fused-ring (bicyclic) bond motifs is 1. The van der Waals surface area contributed by atoms with Gasteiger partial charge in [-0.15, -0.1) is 0 Å². The van der Waals surface area contributed by atoms with Crippen molar-refractivity contribution in [1.82, 2.24) is 10.6 Å². The molecule has 3 rings (SSSR count). The van der Waals surface area contributed by atoms with Crippen molar-refractivity contribution >= 4 is 16.9 Å². The minimum absolute atomic E-state index is 0.0528. The van der Waals surface area contributed by atoms with Crippen LogP contribution in [0.2, 0.25) is 0 Å². The van der Waals surface area contributed by atoms with E-state index in [0.717, 1.165) is 23.9 Å². The molecule has 0 saturated carbocycles. The van der Waals surface area contributed by atoms with Crippen LogP contribution in [-0.2, 0) is 0 Å². The monoisotopic (exact) mass is 258 g/mol. The Morgan fingerprint density at radius 3 is 3.16 bits per heavy atom. The van der Waals surface area contributed by atoms with Gasteiger partial charge in [0.05, 0.1) is 5.56 Å². The van der Waals surface area contributed by atoms with Crippen molar-refractivity contribution in [3.8, 4) is 0 Å². The fraction of sp³-hybridized carbons (Fsp3) is 0.400. The lowest BCUT2D eigenvalue weighted by Gasteiger charge is -2.10. The van der Waals surface area contributed by atoms with Gasteiger partial charge in [-0.3, -0.25) is 4.79 Å². The van der Waals surface area contributed by atoms with Crippen molar-refractivity contribution in [2.24, 2.45) is 0 Å². The normalized spacial score (nSPS) is 18.8. The second-order valence-electron chi connectivity index (χ2n) is 4.98. The Balaban J connectivity index is 1.60. The smallest absolute Gasteiger partial charge is 0.255 e. The number of carbonyl (C=O) groups is 1. The van der Waals surface area contributed by atoms with E-state index in [1.165, 1.54) is 19.1 Å². The van der Waals surface area contributed by atoms with Crippen molar-refractivity contribution in [2.45, 2.75) is 25.3 Å². The van der Waals surface area contributed by atoms with E-state index in [9.17, 15) is 4.79 Å². The molecule has 1 atom stereocenters. The van der Waals surface area contributed by atoms with E-state index in [2.05, 4.69) is 10.6 Å². The topological polar surface area (TPSA) is 54.3 Å². The summed E-state index contributed by atoms with van der Waals surface area (Å²) in [5, 5.41) is 7.26. The fourth-order valence-corrected chi connectivity index (χ4v) is 2.61. The highest BCUT2D eigenvalue weighted by atomic mass is 16.3. The van der Waals surface area contributed by atoms with Crippen LogP contribution >= 0.6 is 0 Å². The van der Waals surface area contributed by atoms with Crippen molar-refractivity contribution in [1.29, 1.82) is 0 Å². The molecule has 2 heterocycles. The summed E-state index contributed by atoms with van der Waals surface area (Å²) in [7, 11) is 0. The molecule has 100 valence electrons. The molecular formula is C15H18N2O2. The first kappa shape index (κ1) is 12.2. The summed E-state index contributed by atoms with van der Waals surface area (Å²) in [6.07, 6.45) is 4.98. The SMILES string of the molecule is O=C(NCCC1CCCN1)c1coc2ccccc12. The molecule has 0 radical (unpaired) electrons. The number of hydrogen-bond donors (Lipinski definition) is 2. The molecule has 1 fully saturated rings. The highest BCUT2D eigenvalue weighted by Gasteiger charge is 2.16. The van der Waals surface area contributed by atoms with Gasteiger partial charge in [-0.1, -0.05) is 18.2 Å². The Bertz CT molecular complexity index is 570. The van der Waals surface area contributed by atoms with Gasteiger partial charge < -0.3 is 15.1 Å². The number of nitrogens with one attached hydrogen (secondary N) is 2. The maximum Gasteiger partial charge on any atom is 0.255 e. The third-order valence-corrected chi connectivity index (χ3v) is 3.67. The summed E-state index contributed by atoms with van der Waals surface area (Å²) < 4.78 is 5.38. The number of amides is 1. The van der Waals surface area contributed by atoms with Crippen LogP contribution in [0.15, 0.2) is 34.9 Å². The number of furan rings is 1. The average molecular weight is 258 g/mol. The Hall–Kier alpha value is -1.81. The van der Waals surface area contributed by atoms with Gasteiger partial charge in [0.15, 0.2) is 0 Å². The number of carbonyl (C=O) groups excluding carboxylic acids is 1. The summed E-state index contributed by atoms with van der Waals surface area (Å²) in [5.74, 6) is -0.0528. The molecule has 0 bridgehead atoms. The third-order valence-electron chi connectivity index (χ3n) is 3.67. The highest BCUT2D eigenvalue weighted by Crippen LogP contribution is 2.20. The standard InChI is InChI=1S/C15H18N2O2/c18-15(17-9-7-11-4-3-8-16-11)13-10-19-14-6-2-1-5-12(13)14/h1-2,5-6,10-11,16H,3-4,7-9H2,(H,17,18). The van der Waals surface area contributed by atoms with E-state index in [1.807, 2.05) is 24.3 Å². The van der Waals surface area contributed by atoms with Crippen molar-refractivity contribution in [2.75, 3.05) is 13.1 Å². The summed E-state index contributed by atoms with van der Waals surface area (Å²) in [6, 6.07) is 8.15. The van der Waals surface area contributed by atoms with Gasteiger partial charge in [-0.2, -0.15) is 0 Å². The summed E-state index contributed by atoms with van der Waals surface area (Å²) in [5.41, 5.74) is 1.38. The maximum absolute atomic E-state index is 12.1. The Morgan fingerprint density at radius 1 is 1.42 bits per heavy atom.